The topological polar surface area (TPSA) is 75.9 Å². The largest absolute Gasteiger partial charge is 0.355 e. The molecule has 18 heavy (non-hydrogen) atoms. The Bertz CT molecular complexity index is 415. The average molecular weight is 252 g/mol. The zero-order valence-corrected chi connectivity index (χ0v) is 11.1. The van der Waals surface area contributed by atoms with E-state index >= 15 is 0 Å². The van der Waals surface area contributed by atoms with Crippen LogP contribution in [0.3, 0.4) is 0 Å². The van der Waals surface area contributed by atoms with Gasteiger partial charge >= 0.3 is 0 Å². The van der Waals surface area contributed by atoms with Gasteiger partial charge in [0, 0.05) is 13.1 Å². The van der Waals surface area contributed by atoms with Gasteiger partial charge in [-0.2, -0.15) is 0 Å². The molecule has 0 radical (unpaired) electrons. The van der Waals surface area contributed by atoms with Gasteiger partial charge in [-0.3, -0.25) is 9.69 Å². The zero-order chi connectivity index (χ0) is 13.1. The molecule has 1 unspecified atom stereocenters. The van der Waals surface area contributed by atoms with Gasteiger partial charge in [-0.15, -0.1) is 5.10 Å². The maximum Gasteiger partial charge on any atom is 0.237 e. The predicted octanol–water partition coefficient (Wildman–Crippen LogP) is -0.0356. The zero-order valence-electron chi connectivity index (χ0n) is 11.1. The Kier molecular flexibility index (Phi) is 3.90. The second-order valence-corrected chi connectivity index (χ2v) is 4.92. The number of nitrogens with one attached hydrogen (secondary N) is 1. The lowest BCUT2D eigenvalue weighted by molar-refractivity contribution is -0.125. The van der Waals surface area contributed by atoms with Crippen LogP contribution in [0, 0.1) is 0 Å². The minimum absolute atomic E-state index is 0.0797. The number of hydrogen-bond acceptors (Lipinski definition) is 5. The molecule has 1 amide bonds. The van der Waals surface area contributed by atoms with Gasteiger partial charge in [-0.25, -0.2) is 4.68 Å². The van der Waals surface area contributed by atoms with Crippen molar-refractivity contribution in [1.29, 1.82) is 0 Å². The van der Waals surface area contributed by atoms with Crippen molar-refractivity contribution < 1.29 is 4.79 Å². The van der Waals surface area contributed by atoms with Gasteiger partial charge in [0.05, 0.1) is 18.6 Å². The quantitative estimate of drug-likeness (QED) is 0.817. The van der Waals surface area contributed by atoms with E-state index in [-0.39, 0.29) is 18.0 Å². The molecule has 1 aliphatic rings. The summed E-state index contributed by atoms with van der Waals surface area (Å²) in [5, 5.41) is 14.6. The normalized spacial score (nSPS) is 22.0. The molecule has 0 bridgehead atoms. The molecular formula is C11H20N6O. The number of nitrogens with zero attached hydrogens (tertiary/aromatic N) is 5. The van der Waals surface area contributed by atoms with Gasteiger partial charge in [-0.05, 0) is 37.6 Å². The van der Waals surface area contributed by atoms with Crippen LogP contribution in [0.1, 0.15) is 39.1 Å². The van der Waals surface area contributed by atoms with Gasteiger partial charge in [0.15, 0.2) is 5.82 Å². The molecule has 1 atom stereocenters. The van der Waals surface area contributed by atoms with Crippen molar-refractivity contribution in [3.8, 4) is 0 Å². The van der Waals surface area contributed by atoms with Crippen molar-refractivity contribution >= 4 is 5.91 Å². The lowest BCUT2D eigenvalue weighted by Gasteiger charge is -2.24. The van der Waals surface area contributed by atoms with Gasteiger partial charge in [0.1, 0.15) is 0 Å². The maximum absolute atomic E-state index is 11.8. The third-order valence-electron chi connectivity index (χ3n) is 3.24. The highest BCUT2D eigenvalue weighted by Gasteiger charge is 2.25. The predicted molar refractivity (Wildman–Crippen MR) is 65.7 cm³/mol. The molecule has 1 aromatic rings. The van der Waals surface area contributed by atoms with Gasteiger partial charge in [0.2, 0.25) is 5.91 Å². The fraction of sp³-hybridized carbons (Fsp3) is 0.818. The Labute approximate surface area is 107 Å². The van der Waals surface area contributed by atoms with E-state index in [4.69, 9.17) is 0 Å². The van der Waals surface area contributed by atoms with Crippen molar-refractivity contribution in [3.63, 3.8) is 0 Å². The van der Waals surface area contributed by atoms with E-state index in [0.717, 1.165) is 25.3 Å². The van der Waals surface area contributed by atoms with E-state index in [2.05, 4.69) is 25.7 Å². The molecule has 1 fully saturated rings. The second-order valence-electron chi connectivity index (χ2n) is 4.92. The SMILES string of the molecule is CC1C(=O)NCCCN1Cc1nnnn1C(C)C. The van der Waals surface area contributed by atoms with Crippen LogP contribution in [0.5, 0.6) is 0 Å². The van der Waals surface area contributed by atoms with Crippen LogP contribution in [0.25, 0.3) is 0 Å². The highest BCUT2D eigenvalue weighted by atomic mass is 16.2. The lowest BCUT2D eigenvalue weighted by Crippen LogP contribution is -2.42. The highest BCUT2D eigenvalue weighted by molar-refractivity contribution is 5.81. The van der Waals surface area contributed by atoms with E-state index in [1.54, 1.807) is 4.68 Å². The van der Waals surface area contributed by atoms with Crippen LogP contribution in [-0.4, -0.2) is 50.1 Å². The molecule has 0 aromatic carbocycles. The molecule has 1 N–H and O–H groups in total. The Morgan fingerprint density at radius 2 is 2.28 bits per heavy atom. The van der Waals surface area contributed by atoms with Crippen LogP contribution in [0.2, 0.25) is 0 Å². The van der Waals surface area contributed by atoms with E-state index in [9.17, 15) is 4.79 Å². The Morgan fingerprint density at radius 1 is 1.50 bits per heavy atom. The van der Waals surface area contributed by atoms with Gasteiger partial charge in [-0.1, -0.05) is 0 Å². The third kappa shape index (κ3) is 2.66. The smallest absolute Gasteiger partial charge is 0.237 e. The third-order valence-corrected chi connectivity index (χ3v) is 3.24. The Morgan fingerprint density at radius 3 is 3.00 bits per heavy atom. The summed E-state index contributed by atoms with van der Waals surface area (Å²) in [7, 11) is 0. The first-order valence-corrected chi connectivity index (χ1v) is 6.38. The summed E-state index contributed by atoms with van der Waals surface area (Å²) in [6.07, 6.45) is 0.958. The monoisotopic (exact) mass is 252 g/mol. The molecule has 1 aliphatic heterocycles. The van der Waals surface area contributed by atoms with Crippen molar-refractivity contribution in [2.45, 2.75) is 45.8 Å². The van der Waals surface area contributed by atoms with E-state index in [1.807, 2.05) is 20.8 Å². The Balaban J connectivity index is 2.11. The summed E-state index contributed by atoms with van der Waals surface area (Å²) in [5.41, 5.74) is 0. The standard InChI is InChI=1S/C11H20N6O/c1-8(2)17-10(13-14-15-17)7-16-6-4-5-12-11(18)9(16)3/h8-9H,4-7H2,1-3H3,(H,12,18). The molecule has 100 valence electrons. The first-order chi connectivity index (χ1) is 8.59. The summed E-state index contributed by atoms with van der Waals surface area (Å²) < 4.78 is 1.80. The number of aromatic nitrogens is 4. The van der Waals surface area contributed by atoms with E-state index in [0.29, 0.717) is 6.54 Å². The first kappa shape index (κ1) is 12.9. The summed E-state index contributed by atoms with van der Waals surface area (Å²) in [6, 6.07) is 0.0934. The summed E-state index contributed by atoms with van der Waals surface area (Å²) >= 11 is 0. The van der Waals surface area contributed by atoms with E-state index < -0.39 is 0 Å². The summed E-state index contributed by atoms with van der Waals surface area (Å²) in [6.45, 7) is 8.24. The minimum Gasteiger partial charge on any atom is -0.355 e. The molecular weight excluding hydrogens is 232 g/mol. The van der Waals surface area contributed by atoms with Crippen molar-refractivity contribution in [2.75, 3.05) is 13.1 Å². The highest BCUT2D eigenvalue weighted by Crippen LogP contribution is 2.11. The van der Waals surface area contributed by atoms with Crippen LogP contribution in [-0.2, 0) is 11.3 Å². The van der Waals surface area contributed by atoms with Crippen molar-refractivity contribution in [2.24, 2.45) is 0 Å². The van der Waals surface area contributed by atoms with Crippen molar-refractivity contribution in [3.05, 3.63) is 5.82 Å². The van der Waals surface area contributed by atoms with Crippen LogP contribution in [0.4, 0.5) is 0 Å². The number of carbonyl (C=O) groups is 1. The van der Waals surface area contributed by atoms with Crippen molar-refractivity contribution in [1.82, 2.24) is 30.4 Å². The Hall–Kier alpha value is -1.50. The first-order valence-electron chi connectivity index (χ1n) is 6.38. The number of hydrogen-bond donors (Lipinski definition) is 1. The van der Waals surface area contributed by atoms with Crippen LogP contribution < -0.4 is 5.32 Å². The molecule has 1 saturated heterocycles. The average Bonchev–Trinajstić information content (AvgIpc) is 2.73. The molecule has 1 aromatic heterocycles. The summed E-state index contributed by atoms with van der Waals surface area (Å²) in [5.74, 6) is 0.891. The molecule has 0 aliphatic carbocycles. The number of rotatable bonds is 3. The fourth-order valence-electron chi connectivity index (χ4n) is 2.12. The summed E-state index contributed by atoms with van der Waals surface area (Å²) in [4.78, 5) is 13.9. The molecule has 2 heterocycles. The number of tetrazole rings is 1. The van der Waals surface area contributed by atoms with Gasteiger partial charge in [0.25, 0.3) is 0 Å². The molecule has 0 saturated carbocycles. The lowest BCUT2D eigenvalue weighted by atomic mass is 10.2. The number of amides is 1. The molecule has 0 spiro atoms. The number of carbonyl (C=O) groups excluding carboxylic acids is 1. The second kappa shape index (κ2) is 5.43. The molecule has 7 nitrogen and oxygen atoms in total. The van der Waals surface area contributed by atoms with Crippen LogP contribution in [0.15, 0.2) is 0 Å². The van der Waals surface area contributed by atoms with Crippen LogP contribution >= 0.6 is 0 Å². The molecule has 7 heteroatoms. The fourth-order valence-corrected chi connectivity index (χ4v) is 2.12. The minimum atomic E-state index is -0.134. The maximum atomic E-state index is 11.8. The molecule has 2 rings (SSSR count). The van der Waals surface area contributed by atoms with E-state index in [1.165, 1.54) is 0 Å². The van der Waals surface area contributed by atoms with Gasteiger partial charge < -0.3 is 5.32 Å².